The number of halogens is 1. The second-order valence-corrected chi connectivity index (χ2v) is 4.14. The number of nitrogens with zero attached hydrogens (tertiary/aromatic N) is 2. The van der Waals surface area contributed by atoms with Crippen LogP contribution in [0.3, 0.4) is 0 Å². The van der Waals surface area contributed by atoms with Gasteiger partial charge in [0.25, 0.3) is 5.56 Å². The number of hydrogen-bond acceptors (Lipinski definition) is 2. The number of aromatic nitrogens is 2. The molecule has 0 aliphatic carbocycles. The lowest BCUT2D eigenvalue weighted by Crippen LogP contribution is -2.26. The van der Waals surface area contributed by atoms with E-state index < -0.39 is 0 Å². The van der Waals surface area contributed by atoms with Crippen molar-refractivity contribution in [1.82, 2.24) is 8.97 Å². The average molecular weight is 245 g/mol. The summed E-state index contributed by atoms with van der Waals surface area (Å²) in [5.41, 5.74) is 7.30. The molecule has 0 saturated heterocycles. The van der Waals surface area contributed by atoms with Gasteiger partial charge in [-0.25, -0.2) is 4.39 Å². The summed E-state index contributed by atoms with van der Waals surface area (Å²) < 4.78 is 16.6. The molecule has 0 saturated carbocycles. The molecule has 18 heavy (non-hydrogen) atoms. The Morgan fingerprint density at radius 2 is 2.00 bits per heavy atom. The second kappa shape index (κ2) is 3.96. The van der Waals surface area contributed by atoms with E-state index in [1.54, 1.807) is 28.8 Å². The fourth-order valence-electron chi connectivity index (χ4n) is 2.28. The molecule has 1 aromatic carbocycles. The van der Waals surface area contributed by atoms with Crippen molar-refractivity contribution < 1.29 is 4.39 Å². The first-order valence-corrected chi connectivity index (χ1v) is 5.71. The second-order valence-electron chi connectivity index (χ2n) is 4.14. The van der Waals surface area contributed by atoms with Crippen molar-refractivity contribution in [3.63, 3.8) is 0 Å². The van der Waals surface area contributed by atoms with Crippen molar-refractivity contribution in [3.05, 3.63) is 52.7 Å². The van der Waals surface area contributed by atoms with Crippen molar-refractivity contribution in [3.8, 4) is 0 Å². The van der Waals surface area contributed by atoms with Gasteiger partial charge in [0.15, 0.2) is 0 Å². The number of rotatable bonds is 2. The van der Waals surface area contributed by atoms with Crippen LogP contribution in [0.2, 0.25) is 0 Å². The summed E-state index contributed by atoms with van der Waals surface area (Å²) in [6.07, 6.45) is 1.80. The molecule has 0 bridgehead atoms. The molecular weight excluding hydrogens is 233 g/mol. The van der Waals surface area contributed by atoms with E-state index in [1.165, 1.54) is 16.7 Å². The van der Waals surface area contributed by atoms with Crippen LogP contribution in [0.25, 0.3) is 16.6 Å². The van der Waals surface area contributed by atoms with Crippen molar-refractivity contribution in [2.24, 2.45) is 5.73 Å². The molecule has 0 aliphatic rings. The van der Waals surface area contributed by atoms with Crippen LogP contribution in [0.1, 0.15) is 0 Å². The Labute approximate surface area is 102 Å². The molecule has 0 spiro atoms. The summed E-state index contributed by atoms with van der Waals surface area (Å²) in [6, 6.07) is 7.97. The largest absolute Gasteiger partial charge is 0.329 e. The summed E-state index contributed by atoms with van der Waals surface area (Å²) in [6.45, 7) is 0.711. The van der Waals surface area contributed by atoms with Crippen LogP contribution in [0.5, 0.6) is 0 Å². The maximum Gasteiger partial charge on any atom is 0.275 e. The van der Waals surface area contributed by atoms with Gasteiger partial charge in [0.2, 0.25) is 0 Å². The van der Waals surface area contributed by atoms with Crippen LogP contribution in [0, 0.1) is 5.82 Å². The van der Waals surface area contributed by atoms with Crippen LogP contribution in [-0.2, 0) is 6.54 Å². The first kappa shape index (κ1) is 11.0. The third kappa shape index (κ3) is 1.44. The van der Waals surface area contributed by atoms with Gasteiger partial charge in [0, 0.05) is 19.3 Å². The summed E-state index contributed by atoms with van der Waals surface area (Å²) >= 11 is 0. The highest BCUT2D eigenvalue weighted by molar-refractivity contribution is 5.79. The molecular formula is C13H12FN3O. The van der Waals surface area contributed by atoms with Crippen molar-refractivity contribution in [1.29, 1.82) is 0 Å². The van der Waals surface area contributed by atoms with E-state index >= 15 is 0 Å². The number of hydrogen-bond donors (Lipinski definition) is 1. The molecule has 0 fully saturated rings. The molecule has 3 aromatic rings. The third-order valence-corrected chi connectivity index (χ3v) is 3.05. The fraction of sp³-hybridized carbons (Fsp3) is 0.154. The average Bonchev–Trinajstić information content (AvgIpc) is 2.83. The summed E-state index contributed by atoms with van der Waals surface area (Å²) in [5.74, 6) is -0.362. The summed E-state index contributed by atoms with van der Waals surface area (Å²) in [7, 11) is 0. The van der Waals surface area contributed by atoms with E-state index in [9.17, 15) is 9.18 Å². The summed E-state index contributed by atoms with van der Waals surface area (Å²) in [4.78, 5) is 12.3. The van der Waals surface area contributed by atoms with Gasteiger partial charge in [-0.05, 0) is 30.3 Å². The third-order valence-electron chi connectivity index (χ3n) is 3.05. The molecule has 5 heteroatoms. The highest BCUT2D eigenvalue weighted by Gasteiger charge is 2.10. The standard InChI is InChI=1S/C13H12FN3O/c14-9-3-4-10-12(8-9)17(7-5-15)13(18)11-2-1-6-16(10)11/h1-4,6,8H,5,7,15H2. The molecule has 2 N–H and O–H groups in total. The zero-order valence-corrected chi connectivity index (χ0v) is 9.64. The topological polar surface area (TPSA) is 52.4 Å². The predicted molar refractivity (Wildman–Crippen MR) is 68.2 cm³/mol. The normalized spacial score (nSPS) is 11.4. The molecule has 0 unspecified atom stereocenters. The van der Waals surface area contributed by atoms with Crippen molar-refractivity contribution >= 4 is 16.6 Å². The number of fused-ring (bicyclic) bond motifs is 3. The molecule has 0 atom stereocenters. The van der Waals surface area contributed by atoms with Gasteiger partial charge in [-0.15, -0.1) is 0 Å². The van der Waals surface area contributed by atoms with Gasteiger partial charge in [-0.3, -0.25) is 4.79 Å². The maximum absolute atomic E-state index is 13.4. The van der Waals surface area contributed by atoms with Gasteiger partial charge in [-0.2, -0.15) is 0 Å². The fourth-order valence-corrected chi connectivity index (χ4v) is 2.28. The number of nitrogens with two attached hydrogens (primary N) is 1. The molecule has 2 heterocycles. The Bertz CT molecular complexity index is 788. The van der Waals surface area contributed by atoms with Gasteiger partial charge >= 0.3 is 0 Å². The van der Waals surface area contributed by atoms with Crippen LogP contribution in [-0.4, -0.2) is 15.5 Å². The smallest absolute Gasteiger partial charge is 0.275 e. The lowest BCUT2D eigenvalue weighted by atomic mass is 10.2. The van der Waals surface area contributed by atoms with E-state index in [2.05, 4.69) is 0 Å². The molecule has 0 amide bonds. The Hall–Kier alpha value is -2.14. The van der Waals surface area contributed by atoms with Gasteiger partial charge in [0.05, 0.1) is 11.0 Å². The van der Waals surface area contributed by atoms with E-state index in [0.29, 0.717) is 24.1 Å². The molecule has 2 aromatic heterocycles. The Kier molecular flexibility index (Phi) is 2.41. The van der Waals surface area contributed by atoms with E-state index in [0.717, 1.165) is 5.52 Å². The van der Waals surface area contributed by atoms with Crippen LogP contribution < -0.4 is 11.3 Å². The van der Waals surface area contributed by atoms with Crippen LogP contribution >= 0.6 is 0 Å². The first-order valence-electron chi connectivity index (χ1n) is 5.71. The number of benzene rings is 1. The van der Waals surface area contributed by atoms with E-state index in [4.69, 9.17) is 5.73 Å². The SMILES string of the molecule is NCCn1c(=O)c2cccn2c2ccc(F)cc21. The minimum absolute atomic E-state index is 0.149. The lowest BCUT2D eigenvalue weighted by molar-refractivity contribution is 0.626. The first-order chi connectivity index (χ1) is 8.72. The predicted octanol–water partition coefficient (Wildman–Crippen LogP) is 1.35. The van der Waals surface area contributed by atoms with Crippen LogP contribution in [0.15, 0.2) is 41.3 Å². The lowest BCUT2D eigenvalue weighted by Gasteiger charge is -2.11. The van der Waals surface area contributed by atoms with E-state index in [-0.39, 0.29) is 11.4 Å². The monoisotopic (exact) mass is 245 g/mol. The highest BCUT2D eigenvalue weighted by Crippen LogP contribution is 2.16. The zero-order chi connectivity index (χ0) is 12.7. The van der Waals surface area contributed by atoms with Gasteiger partial charge < -0.3 is 14.7 Å². The van der Waals surface area contributed by atoms with Gasteiger partial charge in [0.1, 0.15) is 11.3 Å². The molecule has 3 rings (SSSR count). The maximum atomic E-state index is 13.4. The van der Waals surface area contributed by atoms with Crippen molar-refractivity contribution in [2.75, 3.05) is 6.54 Å². The summed E-state index contributed by atoms with van der Waals surface area (Å²) in [5, 5.41) is 0. The van der Waals surface area contributed by atoms with Crippen molar-refractivity contribution in [2.45, 2.75) is 6.54 Å². The Morgan fingerprint density at radius 1 is 1.17 bits per heavy atom. The van der Waals surface area contributed by atoms with Crippen LogP contribution in [0.4, 0.5) is 4.39 Å². The molecule has 0 aliphatic heterocycles. The quantitative estimate of drug-likeness (QED) is 0.741. The minimum atomic E-state index is -0.362. The Morgan fingerprint density at radius 3 is 2.78 bits per heavy atom. The molecule has 4 nitrogen and oxygen atoms in total. The highest BCUT2D eigenvalue weighted by atomic mass is 19.1. The van der Waals surface area contributed by atoms with E-state index in [1.807, 2.05) is 0 Å². The van der Waals surface area contributed by atoms with Gasteiger partial charge in [-0.1, -0.05) is 0 Å². The Balaban J connectivity index is 2.56. The molecule has 0 radical (unpaired) electrons. The minimum Gasteiger partial charge on any atom is -0.329 e. The zero-order valence-electron chi connectivity index (χ0n) is 9.64. The molecule has 92 valence electrons.